The van der Waals surface area contributed by atoms with E-state index in [1.54, 1.807) is 13.2 Å². The van der Waals surface area contributed by atoms with Crippen molar-refractivity contribution in [2.45, 2.75) is 71.5 Å². The standard InChI is InChI=1S/C44H44N4O5/c1-27-8-11-30(12-9-27)33-19-35-24-45-38-21-40(29(3)17-36(38)43(49)48(35)26-33)52-14-6-5-7-15-53-42-22-39-37(20-41(42)51-4)44(50)47-25-32-16-28(2)10-13-31(32)18-34(47)23-46-39/h8-13,16-17,20-24,26,34-35H,5-7,14-15,18-19,25H2,1-4H3/t34-,35-/m0/s1. The number of rotatable bonds is 10. The van der Waals surface area contributed by atoms with Crippen molar-refractivity contribution in [1.82, 2.24) is 9.80 Å². The third kappa shape index (κ3) is 6.83. The Morgan fingerprint density at radius 1 is 0.679 bits per heavy atom. The second kappa shape index (κ2) is 14.4. The number of carbonyl (C=O) groups is 2. The molecule has 0 N–H and O–H groups in total. The highest BCUT2D eigenvalue weighted by atomic mass is 16.5. The van der Waals surface area contributed by atoms with Gasteiger partial charge < -0.3 is 24.0 Å². The van der Waals surface area contributed by atoms with Crippen molar-refractivity contribution in [3.05, 3.63) is 117 Å². The van der Waals surface area contributed by atoms with Crippen LogP contribution in [0.1, 0.15) is 79.8 Å². The number of methoxy groups -OCH3 is 1. The molecule has 2 amide bonds. The first-order valence-corrected chi connectivity index (χ1v) is 18.5. The Morgan fingerprint density at radius 3 is 2.11 bits per heavy atom. The monoisotopic (exact) mass is 708 g/mol. The Morgan fingerprint density at radius 2 is 1.36 bits per heavy atom. The Bertz CT molecular complexity index is 2190. The van der Waals surface area contributed by atoms with E-state index in [4.69, 9.17) is 24.2 Å². The van der Waals surface area contributed by atoms with Crippen molar-refractivity contribution in [2.24, 2.45) is 9.98 Å². The largest absolute Gasteiger partial charge is 0.493 e. The van der Waals surface area contributed by atoms with E-state index in [-0.39, 0.29) is 23.9 Å². The summed E-state index contributed by atoms with van der Waals surface area (Å²) in [4.78, 5) is 40.6. The van der Waals surface area contributed by atoms with Crippen LogP contribution in [0.15, 0.2) is 82.9 Å². The lowest BCUT2D eigenvalue weighted by Gasteiger charge is -2.34. The van der Waals surface area contributed by atoms with Crippen LogP contribution in [0.5, 0.6) is 17.2 Å². The number of benzene rings is 4. The number of aliphatic imine (C=N–C) groups is 2. The van der Waals surface area contributed by atoms with Crippen LogP contribution >= 0.6 is 0 Å². The summed E-state index contributed by atoms with van der Waals surface area (Å²) in [6.07, 6.45) is 9.78. The van der Waals surface area contributed by atoms with Crippen LogP contribution in [0.25, 0.3) is 5.57 Å². The van der Waals surface area contributed by atoms with Crippen LogP contribution in [0.4, 0.5) is 11.4 Å². The van der Waals surface area contributed by atoms with E-state index in [1.165, 1.54) is 22.3 Å². The van der Waals surface area contributed by atoms with E-state index in [2.05, 4.69) is 56.3 Å². The van der Waals surface area contributed by atoms with Gasteiger partial charge in [-0.15, -0.1) is 0 Å². The number of hydrogen-bond donors (Lipinski definition) is 0. The lowest BCUT2D eigenvalue weighted by atomic mass is 9.93. The van der Waals surface area contributed by atoms with Crippen LogP contribution in [0.2, 0.25) is 0 Å². The molecular weight excluding hydrogens is 665 g/mol. The fraction of sp³-hybridized carbons (Fsp3) is 0.318. The highest BCUT2D eigenvalue weighted by Gasteiger charge is 2.34. The molecule has 8 rings (SSSR count). The number of amides is 2. The lowest BCUT2D eigenvalue weighted by Crippen LogP contribution is -2.44. The summed E-state index contributed by atoms with van der Waals surface area (Å²) >= 11 is 0. The molecule has 4 aliphatic rings. The van der Waals surface area contributed by atoms with E-state index in [1.807, 2.05) is 53.6 Å². The minimum atomic E-state index is -0.107. The van der Waals surface area contributed by atoms with Crippen molar-refractivity contribution in [1.29, 1.82) is 0 Å². The minimum Gasteiger partial charge on any atom is -0.493 e. The quantitative estimate of drug-likeness (QED) is 0.154. The molecule has 270 valence electrons. The maximum Gasteiger partial charge on any atom is 0.260 e. The van der Waals surface area contributed by atoms with Crippen molar-refractivity contribution in [3.8, 4) is 17.2 Å². The number of carbonyl (C=O) groups excluding carboxylic acids is 2. The molecule has 0 saturated heterocycles. The van der Waals surface area contributed by atoms with E-state index in [0.29, 0.717) is 53.8 Å². The summed E-state index contributed by atoms with van der Waals surface area (Å²) in [5, 5.41) is 0. The van der Waals surface area contributed by atoms with Crippen molar-refractivity contribution in [2.75, 3.05) is 20.3 Å². The molecule has 4 heterocycles. The fourth-order valence-electron chi connectivity index (χ4n) is 7.61. The summed E-state index contributed by atoms with van der Waals surface area (Å²) in [7, 11) is 1.59. The van der Waals surface area contributed by atoms with Gasteiger partial charge in [-0.1, -0.05) is 53.6 Å². The van der Waals surface area contributed by atoms with Gasteiger partial charge in [0.2, 0.25) is 0 Å². The summed E-state index contributed by atoms with van der Waals surface area (Å²) in [6, 6.07) is 22.0. The Labute approximate surface area is 310 Å². The van der Waals surface area contributed by atoms with E-state index in [0.717, 1.165) is 54.6 Å². The minimum absolute atomic E-state index is 0.0411. The molecule has 4 aromatic carbocycles. The normalized spacial score (nSPS) is 18.3. The molecule has 0 aromatic heterocycles. The van der Waals surface area contributed by atoms with Crippen LogP contribution in [0, 0.1) is 20.8 Å². The van der Waals surface area contributed by atoms with Crippen molar-refractivity contribution in [3.63, 3.8) is 0 Å². The molecule has 0 aliphatic carbocycles. The summed E-state index contributed by atoms with van der Waals surface area (Å²) in [5.74, 6) is 1.74. The predicted molar refractivity (Wildman–Crippen MR) is 208 cm³/mol. The van der Waals surface area contributed by atoms with Gasteiger partial charge in [-0.3, -0.25) is 19.6 Å². The maximum absolute atomic E-state index is 13.7. The average molecular weight is 709 g/mol. The maximum atomic E-state index is 13.7. The molecule has 53 heavy (non-hydrogen) atoms. The summed E-state index contributed by atoms with van der Waals surface area (Å²) < 4.78 is 18.0. The van der Waals surface area contributed by atoms with Crippen LogP contribution < -0.4 is 14.2 Å². The van der Waals surface area contributed by atoms with Crippen LogP contribution in [-0.2, 0) is 13.0 Å². The number of nitrogens with zero attached hydrogens (tertiary/aromatic N) is 4. The van der Waals surface area contributed by atoms with Crippen LogP contribution in [-0.4, -0.2) is 66.5 Å². The van der Waals surface area contributed by atoms with Crippen LogP contribution in [0.3, 0.4) is 0 Å². The van der Waals surface area contributed by atoms with Gasteiger partial charge >= 0.3 is 0 Å². The first kappa shape index (κ1) is 34.4. The molecule has 2 atom stereocenters. The second-order valence-corrected chi connectivity index (χ2v) is 14.4. The Hall–Kier alpha value is -5.70. The number of hydrogen-bond acceptors (Lipinski definition) is 7. The molecule has 0 spiro atoms. The Balaban J connectivity index is 0.846. The zero-order valence-electron chi connectivity index (χ0n) is 30.7. The zero-order chi connectivity index (χ0) is 36.6. The number of fused-ring (bicyclic) bond motifs is 5. The van der Waals surface area contributed by atoms with Gasteiger partial charge in [-0.25, -0.2) is 0 Å². The van der Waals surface area contributed by atoms with E-state index < -0.39 is 0 Å². The number of unbranched alkanes of at least 4 members (excludes halogenated alkanes) is 2. The van der Waals surface area contributed by atoms with Gasteiger partial charge in [0.15, 0.2) is 11.5 Å². The predicted octanol–water partition coefficient (Wildman–Crippen LogP) is 8.50. The smallest absolute Gasteiger partial charge is 0.260 e. The first-order valence-electron chi connectivity index (χ1n) is 18.5. The third-order valence-electron chi connectivity index (χ3n) is 10.6. The Kier molecular flexibility index (Phi) is 9.33. The topological polar surface area (TPSA) is 93.0 Å². The summed E-state index contributed by atoms with van der Waals surface area (Å²) in [6.45, 7) is 7.70. The zero-order valence-corrected chi connectivity index (χ0v) is 30.7. The highest BCUT2D eigenvalue weighted by Crippen LogP contribution is 2.40. The number of aryl methyl sites for hydroxylation is 3. The van der Waals surface area contributed by atoms with Gasteiger partial charge in [0.05, 0.1) is 54.9 Å². The van der Waals surface area contributed by atoms with Crippen molar-refractivity contribution >= 4 is 41.2 Å². The van der Waals surface area contributed by atoms with Gasteiger partial charge in [-0.2, -0.15) is 0 Å². The molecule has 0 unspecified atom stereocenters. The third-order valence-corrected chi connectivity index (χ3v) is 10.6. The molecule has 4 aromatic rings. The van der Waals surface area contributed by atoms with Gasteiger partial charge in [0.1, 0.15) is 5.75 Å². The first-order chi connectivity index (χ1) is 25.7. The van der Waals surface area contributed by atoms with E-state index >= 15 is 0 Å². The molecule has 0 radical (unpaired) electrons. The van der Waals surface area contributed by atoms with Gasteiger partial charge in [0, 0.05) is 43.7 Å². The molecule has 0 fully saturated rings. The highest BCUT2D eigenvalue weighted by molar-refractivity contribution is 6.05. The molecule has 4 aliphatic heterocycles. The van der Waals surface area contributed by atoms with Gasteiger partial charge in [0.25, 0.3) is 11.8 Å². The molecule has 9 heteroatoms. The second-order valence-electron chi connectivity index (χ2n) is 14.4. The van der Waals surface area contributed by atoms with Crippen molar-refractivity contribution < 1.29 is 23.8 Å². The molecule has 9 nitrogen and oxygen atoms in total. The fourth-order valence-corrected chi connectivity index (χ4v) is 7.61. The van der Waals surface area contributed by atoms with E-state index in [9.17, 15) is 9.59 Å². The lowest BCUT2D eigenvalue weighted by molar-refractivity contribution is 0.0702. The SMILES string of the molecule is COc1cc2c(cc1OCCCCCOc1cc3c(cc1C)C(=O)N1C=C(c4ccc(C)cc4)C[C@H]1C=N3)N=C[C@@H]1Cc3ccc(C)cc3CN1C2=O. The molecule has 0 bridgehead atoms. The molecule has 0 saturated carbocycles. The average Bonchev–Trinajstić information content (AvgIpc) is 3.49. The number of ether oxygens (including phenoxy) is 3. The molecular formula is C44H44N4O5. The summed E-state index contributed by atoms with van der Waals surface area (Å²) in [5.41, 5.74) is 10.4. The van der Waals surface area contributed by atoms with Gasteiger partial charge in [-0.05, 0) is 86.4 Å².